The molecule has 7 rings (SSSR count). The molecule has 2 aromatic rings. The van der Waals surface area contributed by atoms with Crippen LogP contribution in [-0.2, 0) is 38.0 Å². The number of nitrogens with two attached hydrogens (primary N) is 1. The predicted octanol–water partition coefficient (Wildman–Crippen LogP) is 3.22. The molecule has 3 heterocycles. The highest BCUT2D eigenvalue weighted by atomic mass is 16.7. The van der Waals surface area contributed by atoms with E-state index in [1.54, 1.807) is 41.5 Å². The fourth-order valence-corrected chi connectivity index (χ4v) is 10.00. The first-order valence-corrected chi connectivity index (χ1v) is 21.2. The van der Waals surface area contributed by atoms with Gasteiger partial charge in [-0.3, -0.25) is 19.2 Å². The molecule has 3 aliphatic heterocycles. The van der Waals surface area contributed by atoms with E-state index in [4.69, 9.17) is 34.2 Å². The van der Waals surface area contributed by atoms with Gasteiger partial charge < -0.3 is 64.6 Å². The Morgan fingerprint density at radius 2 is 1.45 bits per heavy atom. The summed E-state index contributed by atoms with van der Waals surface area (Å²) in [5.74, 6) is -7.00. The first kappa shape index (κ1) is 45.7. The van der Waals surface area contributed by atoms with E-state index in [1.807, 2.05) is 25.9 Å². The van der Waals surface area contributed by atoms with Crippen molar-refractivity contribution in [1.82, 2.24) is 4.90 Å². The van der Waals surface area contributed by atoms with Gasteiger partial charge in [0.1, 0.15) is 41.3 Å². The van der Waals surface area contributed by atoms with Crippen molar-refractivity contribution in [3.63, 3.8) is 0 Å². The highest BCUT2D eigenvalue weighted by Crippen LogP contribution is 2.58. The van der Waals surface area contributed by atoms with E-state index in [-0.39, 0.29) is 53.0 Å². The largest absolute Gasteiger partial charge is 0.507 e. The maximum Gasteiger partial charge on any atom is 0.202 e. The summed E-state index contributed by atoms with van der Waals surface area (Å²) < 4.78 is 38.0. The van der Waals surface area contributed by atoms with E-state index in [9.17, 15) is 44.7 Å². The van der Waals surface area contributed by atoms with Gasteiger partial charge in [0, 0.05) is 53.5 Å². The average molecular weight is 867 g/mol. The van der Waals surface area contributed by atoms with Crippen molar-refractivity contribution in [3.05, 3.63) is 63.4 Å². The van der Waals surface area contributed by atoms with Gasteiger partial charge in [-0.1, -0.05) is 39.8 Å². The summed E-state index contributed by atoms with van der Waals surface area (Å²) in [6, 6.07) is 3.49. The number of aliphatic hydroxyl groups is 2. The topological polar surface area (TPSA) is 254 Å². The second kappa shape index (κ2) is 17.0. The molecule has 0 spiro atoms. The lowest BCUT2D eigenvalue weighted by atomic mass is 9.65. The molecule has 2 fully saturated rings. The number of nitrogens with zero attached hydrogens (tertiary/aromatic N) is 1. The summed E-state index contributed by atoms with van der Waals surface area (Å²) in [5, 5.41) is 58.7. The van der Waals surface area contributed by atoms with Crippen molar-refractivity contribution < 1.29 is 73.1 Å². The van der Waals surface area contributed by atoms with Gasteiger partial charge in [-0.05, 0) is 47.4 Å². The average Bonchev–Trinajstić information content (AvgIpc) is 3.21. The molecule has 338 valence electrons. The number of carbonyl (C=O) groups is 4. The molecule has 0 amide bonds. The van der Waals surface area contributed by atoms with Crippen molar-refractivity contribution >= 4 is 23.1 Å². The summed E-state index contributed by atoms with van der Waals surface area (Å²) in [6.07, 6.45) is -8.22. The molecule has 2 aliphatic carbocycles. The van der Waals surface area contributed by atoms with Crippen LogP contribution in [0.5, 0.6) is 17.2 Å². The molecular formula is C45H58N2O15. The van der Waals surface area contributed by atoms with Gasteiger partial charge >= 0.3 is 0 Å². The number of carbonyl (C=O) groups excluding carboxylic acids is 4. The summed E-state index contributed by atoms with van der Waals surface area (Å²) in [4.78, 5) is 55.8. The number of benzene rings is 2. The number of hydrogen-bond donors (Lipinski definition) is 6. The third-order valence-corrected chi connectivity index (χ3v) is 13.5. The molecule has 17 nitrogen and oxygen atoms in total. The maximum absolute atomic E-state index is 14.1. The number of rotatable bonds is 10. The number of aliphatic hydroxyl groups excluding tert-OH is 1. The lowest BCUT2D eigenvalue weighted by Gasteiger charge is -2.51. The lowest BCUT2D eigenvalue weighted by molar-refractivity contribution is -0.343. The Hall–Kier alpha value is -4.30. The van der Waals surface area contributed by atoms with Crippen LogP contribution in [-0.4, -0.2) is 135 Å². The molecule has 5 unspecified atom stereocenters. The number of aromatic hydroxyl groups is 3. The van der Waals surface area contributed by atoms with Crippen molar-refractivity contribution in [2.24, 2.45) is 17.6 Å². The molecule has 62 heavy (non-hydrogen) atoms. The van der Waals surface area contributed by atoms with Gasteiger partial charge in [-0.2, -0.15) is 0 Å². The number of phenolic OH excluding ortho intramolecular Hbond substituents is 3. The van der Waals surface area contributed by atoms with Gasteiger partial charge in [0.05, 0.1) is 58.3 Å². The molecule has 0 aromatic heterocycles. The minimum atomic E-state index is -1.83. The van der Waals surface area contributed by atoms with Gasteiger partial charge in [0.2, 0.25) is 5.78 Å². The molecule has 0 saturated carbocycles. The molecule has 0 bridgehead atoms. The maximum atomic E-state index is 14.1. The van der Waals surface area contributed by atoms with E-state index >= 15 is 0 Å². The van der Waals surface area contributed by atoms with Gasteiger partial charge in [0.25, 0.3) is 0 Å². The number of ketones is 4. The second-order valence-corrected chi connectivity index (χ2v) is 17.6. The molecular weight excluding hydrogens is 808 g/mol. The fraction of sp³-hybridized carbons (Fsp3) is 0.600. The molecule has 2 aromatic carbocycles. The van der Waals surface area contributed by atoms with Crippen molar-refractivity contribution in [2.45, 2.75) is 147 Å². The van der Waals surface area contributed by atoms with Crippen molar-refractivity contribution in [1.29, 1.82) is 0 Å². The van der Waals surface area contributed by atoms with Gasteiger partial charge in [-0.25, -0.2) is 0 Å². The first-order valence-electron chi connectivity index (χ1n) is 21.2. The Balaban J connectivity index is 1.19. The zero-order valence-electron chi connectivity index (χ0n) is 36.4. The van der Waals surface area contributed by atoms with Crippen LogP contribution in [0, 0.1) is 11.8 Å². The van der Waals surface area contributed by atoms with Crippen LogP contribution in [0.4, 0.5) is 0 Å². The Kier molecular flexibility index (Phi) is 12.5. The quantitative estimate of drug-likeness (QED) is 0.160. The Morgan fingerprint density at radius 3 is 2.08 bits per heavy atom. The Bertz CT molecular complexity index is 2170. The molecule has 7 N–H and O–H groups in total. The van der Waals surface area contributed by atoms with E-state index in [1.165, 1.54) is 24.3 Å². The molecule has 15 atom stereocenters. The van der Waals surface area contributed by atoms with Crippen LogP contribution < -0.4 is 5.73 Å². The van der Waals surface area contributed by atoms with Crippen LogP contribution in [0.15, 0.2) is 30.0 Å². The third kappa shape index (κ3) is 7.44. The minimum Gasteiger partial charge on any atom is -0.507 e. The summed E-state index contributed by atoms with van der Waals surface area (Å²) in [7, 11) is 3.71. The van der Waals surface area contributed by atoms with Crippen LogP contribution in [0.1, 0.15) is 123 Å². The zero-order valence-corrected chi connectivity index (χ0v) is 36.4. The lowest BCUT2D eigenvalue weighted by Crippen LogP contribution is -2.63. The van der Waals surface area contributed by atoms with E-state index < -0.39 is 137 Å². The van der Waals surface area contributed by atoms with Crippen molar-refractivity contribution in [2.75, 3.05) is 14.1 Å². The third-order valence-electron chi connectivity index (χ3n) is 13.5. The highest BCUT2D eigenvalue weighted by Gasteiger charge is 2.55. The zero-order chi connectivity index (χ0) is 45.4. The van der Waals surface area contributed by atoms with E-state index in [2.05, 4.69) is 0 Å². The second-order valence-electron chi connectivity index (χ2n) is 17.6. The van der Waals surface area contributed by atoms with Crippen molar-refractivity contribution in [3.8, 4) is 17.2 Å². The smallest absolute Gasteiger partial charge is 0.202 e. The normalized spacial score (nSPS) is 37.1. The van der Waals surface area contributed by atoms with Gasteiger partial charge in [-0.15, -0.1) is 0 Å². The Labute approximate surface area is 359 Å². The van der Waals surface area contributed by atoms with Crippen LogP contribution in [0.3, 0.4) is 0 Å². The van der Waals surface area contributed by atoms with Crippen LogP contribution >= 0.6 is 0 Å². The number of Topliss-reactive ketones (excluding diaryl/α,β-unsaturated/α-hetero) is 1. The monoisotopic (exact) mass is 866 g/mol. The summed E-state index contributed by atoms with van der Waals surface area (Å²) in [5.41, 5.74) is 2.32. The minimum absolute atomic E-state index is 0.0175. The predicted molar refractivity (Wildman–Crippen MR) is 218 cm³/mol. The van der Waals surface area contributed by atoms with Crippen LogP contribution in [0.25, 0.3) is 0 Å². The molecule has 5 aliphatic rings. The van der Waals surface area contributed by atoms with E-state index in [0.717, 1.165) is 0 Å². The number of phenols is 3. The number of likely N-dealkylation sites (N-methyl/N-ethyl adjacent to an activating group) is 1. The summed E-state index contributed by atoms with van der Waals surface area (Å²) in [6.45, 7) is 12.0. The van der Waals surface area contributed by atoms with Crippen LogP contribution in [0.2, 0.25) is 0 Å². The molecule has 2 saturated heterocycles. The first-order chi connectivity index (χ1) is 29.2. The summed E-state index contributed by atoms with van der Waals surface area (Å²) >= 11 is 0. The standard InChI is InChI=1S/C45H58N2O15/c1-10-24(48)33-30-29(38(54)32-31(39(30)55)36(52)22-13-12-14-25(49)28(22)37(32)53)27(16-45(33,56)11-2)60-42-17(3)34(47(8)9)40(20(6)58-42)61-43-18(4)35(51)41(21(7)59-43)62-44-23(46)15-26(50)19(5)57-44/h12-15,17-21,27,33-35,40-44,49,51,54-56H,10-11,16,46H2,1-9H3/t17-,18-,19+,20+,21+,27?,33?,34+,35+,40?,41?,42+,43+,44-,45?/m1/s1. The SMILES string of the molecule is CCC(=O)C1c2c(O)c3c(c(O)c2C(O[C@@H]2O[C@@H](C)C(O[C@@H]4O[C@@H](C)C(O[C@H]5O[C@@H](C)C(=O)C=C5N)[C@@H](O)[C@H]4C)[C@@H](N(C)C)[C@H]2C)CC1(O)CC)C(=O)c1c(O)cccc1C3=O. The number of fused-ring (bicyclic) bond motifs is 3. The number of ether oxygens (including phenoxy) is 6. The number of hydrogen-bond acceptors (Lipinski definition) is 17. The molecule has 0 radical (unpaired) electrons. The van der Waals surface area contributed by atoms with Gasteiger partial charge in [0.15, 0.2) is 30.4 Å². The highest BCUT2D eigenvalue weighted by molar-refractivity contribution is 6.31. The fourth-order valence-electron chi connectivity index (χ4n) is 10.00. The molecule has 17 heteroatoms. The van der Waals surface area contributed by atoms with E-state index in [0.29, 0.717) is 0 Å². The Morgan fingerprint density at radius 1 is 0.839 bits per heavy atom.